The smallest absolute Gasteiger partial charge is 0.303 e. The molecule has 0 aliphatic carbocycles. The highest BCUT2D eigenvalue weighted by Crippen LogP contribution is 2.38. The van der Waals surface area contributed by atoms with Gasteiger partial charge in [0, 0.05) is 40.3 Å². The Balaban J connectivity index is 2.05. The van der Waals surface area contributed by atoms with Gasteiger partial charge >= 0.3 is 5.97 Å². The molecule has 3 nitrogen and oxygen atoms in total. The van der Waals surface area contributed by atoms with E-state index in [0.717, 1.165) is 30.5 Å². The van der Waals surface area contributed by atoms with Crippen LogP contribution in [0.5, 0.6) is 0 Å². The molecule has 0 saturated carbocycles. The molecular weight excluding hydrogens is 374 g/mol. The molecule has 1 aromatic heterocycles. The van der Waals surface area contributed by atoms with Crippen LogP contribution in [0.15, 0.2) is 39.7 Å². The minimum absolute atomic E-state index is 0.192. The number of nitrogens with zero attached hydrogens (tertiary/aromatic N) is 1. The summed E-state index contributed by atoms with van der Waals surface area (Å²) >= 11 is 5.23. The lowest BCUT2D eigenvalue weighted by molar-refractivity contribution is -0.138. The summed E-state index contributed by atoms with van der Waals surface area (Å²) in [5.41, 5.74) is 1.32. The van der Waals surface area contributed by atoms with E-state index in [1.54, 1.807) is 11.3 Å². The number of carboxylic acid groups (broad SMARTS) is 1. The summed E-state index contributed by atoms with van der Waals surface area (Å²) in [6.07, 6.45) is 7.70. The molecular formula is C18H24BrNO2S. The number of rotatable bonds is 7. The van der Waals surface area contributed by atoms with Crippen molar-refractivity contribution < 1.29 is 9.90 Å². The zero-order valence-electron chi connectivity index (χ0n) is 13.7. The molecule has 126 valence electrons. The highest BCUT2D eigenvalue weighted by atomic mass is 79.9. The second-order valence-corrected chi connectivity index (χ2v) is 8.03. The molecule has 1 fully saturated rings. The van der Waals surface area contributed by atoms with Crippen LogP contribution in [-0.4, -0.2) is 35.6 Å². The highest BCUT2D eigenvalue weighted by Gasteiger charge is 2.35. The molecule has 1 aromatic rings. The maximum Gasteiger partial charge on any atom is 0.303 e. The Morgan fingerprint density at radius 1 is 1.52 bits per heavy atom. The zero-order chi connectivity index (χ0) is 16.8. The summed E-state index contributed by atoms with van der Waals surface area (Å²) in [4.78, 5) is 14.9. The molecule has 0 spiro atoms. The van der Waals surface area contributed by atoms with Crippen LogP contribution in [0, 0.1) is 5.92 Å². The van der Waals surface area contributed by atoms with Gasteiger partial charge in [0.15, 0.2) is 0 Å². The summed E-state index contributed by atoms with van der Waals surface area (Å²) < 4.78 is 1.09. The average molecular weight is 398 g/mol. The summed E-state index contributed by atoms with van der Waals surface area (Å²) in [5, 5.41) is 11.3. The molecule has 0 aromatic carbocycles. The Kier molecular flexibility index (Phi) is 7.06. The van der Waals surface area contributed by atoms with Gasteiger partial charge in [-0.1, -0.05) is 30.7 Å². The third-order valence-electron chi connectivity index (χ3n) is 4.13. The topological polar surface area (TPSA) is 40.5 Å². The molecule has 0 radical (unpaired) electrons. The molecule has 2 unspecified atom stereocenters. The Hall–Kier alpha value is -0.910. The first-order valence-corrected chi connectivity index (χ1v) is 9.67. The van der Waals surface area contributed by atoms with Gasteiger partial charge in [0.2, 0.25) is 0 Å². The van der Waals surface area contributed by atoms with E-state index in [4.69, 9.17) is 0 Å². The predicted molar refractivity (Wildman–Crippen MR) is 100 cm³/mol. The fourth-order valence-corrected chi connectivity index (χ4v) is 4.77. The van der Waals surface area contributed by atoms with Gasteiger partial charge in [0.05, 0.1) is 6.42 Å². The summed E-state index contributed by atoms with van der Waals surface area (Å²) in [6, 6.07) is 2.14. The van der Waals surface area contributed by atoms with Gasteiger partial charge < -0.3 is 5.11 Å². The minimum atomic E-state index is -0.699. The fourth-order valence-electron chi connectivity index (χ4n) is 3.14. The van der Waals surface area contributed by atoms with E-state index in [1.165, 1.54) is 10.5 Å². The summed E-state index contributed by atoms with van der Waals surface area (Å²) in [5.74, 6) is -0.186. The van der Waals surface area contributed by atoms with Gasteiger partial charge in [-0.2, -0.15) is 0 Å². The largest absolute Gasteiger partial charge is 0.481 e. The van der Waals surface area contributed by atoms with Gasteiger partial charge in [0.25, 0.3) is 0 Å². The first-order valence-electron chi connectivity index (χ1n) is 8.00. The van der Waals surface area contributed by atoms with E-state index in [1.807, 2.05) is 0 Å². The van der Waals surface area contributed by atoms with Gasteiger partial charge in [0.1, 0.15) is 0 Å². The number of carbonyl (C=O) groups is 1. The van der Waals surface area contributed by atoms with E-state index in [0.29, 0.717) is 5.92 Å². The van der Waals surface area contributed by atoms with Crippen molar-refractivity contribution in [3.05, 3.63) is 44.6 Å². The second kappa shape index (κ2) is 8.81. The van der Waals surface area contributed by atoms with Crippen LogP contribution in [0.3, 0.4) is 0 Å². The van der Waals surface area contributed by atoms with Crippen LogP contribution in [0.4, 0.5) is 0 Å². The normalized spacial score (nSPS) is 23.0. The van der Waals surface area contributed by atoms with Crippen LogP contribution in [-0.2, 0) is 4.79 Å². The fraction of sp³-hybridized carbons (Fsp3) is 0.500. The Bertz CT molecular complexity index is 594. The summed E-state index contributed by atoms with van der Waals surface area (Å²) in [6.45, 7) is 6.97. The Labute approximate surface area is 150 Å². The Morgan fingerprint density at radius 3 is 2.91 bits per heavy atom. The molecule has 1 N–H and O–H groups in total. The summed E-state index contributed by atoms with van der Waals surface area (Å²) in [7, 11) is 0. The number of hydrogen-bond donors (Lipinski definition) is 1. The van der Waals surface area contributed by atoms with Crippen molar-refractivity contribution in [2.45, 2.75) is 32.6 Å². The number of carboxylic acids is 1. The second-order valence-electron chi connectivity index (χ2n) is 6.18. The van der Waals surface area contributed by atoms with Gasteiger partial charge in [-0.05, 0) is 41.3 Å². The third kappa shape index (κ3) is 5.59. The van der Waals surface area contributed by atoms with E-state index in [-0.39, 0.29) is 12.3 Å². The maximum absolute atomic E-state index is 11.2. The lowest BCUT2D eigenvalue weighted by atomic mass is 9.92. The van der Waals surface area contributed by atoms with Crippen molar-refractivity contribution in [3.63, 3.8) is 0 Å². The van der Waals surface area contributed by atoms with Crippen LogP contribution in [0.2, 0.25) is 0 Å². The zero-order valence-corrected chi connectivity index (χ0v) is 16.1. The standard InChI is InChI=1S/C18H24BrNO2S/c1-3-4-5-6-13(2)9-20-10-14(7-18(21)22)16(11-20)17-8-15(19)12-23-17/h4-6,8,12,14,16H,3,7,9-11H2,1-2H3,(H,21,22)/b5-4-,13-6+. The molecule has 0 bridgehead atoms. The maximum atomic E-state index is 11.2. The minimum Gasteiger partial charge on any atom is -0.481 e. The Morgan fingerprint density at radius 2 is 2.30 bits per heavy atom. The number of likely N-dealkylation sites (tertiary alicyclic amines) is 1. The lowest BCUT2D eigenvalue weighted by Crippen LogP contribution is -2.23. The van der Waals surface area contributed by atoms with Crippen molar-refractivity contribution in [2.24, 2.45) is 5.92 Å². The van der Waals surface area contributed by atoms with Crippen molar-refractivity contribution in [2.75, 3.05) is 19.6 Å². The van der Waals surface area contributed by atoms with E-state index in [2.05, 4.69) is 64.4 Å². The van der Waals surface area contributed by atoms with Gasteiger partial charge in [-0.25, -0.2) is 0 Å². The molecule has 2 heterocycles. The van der Waals surface area contributed by atoms with Crippen molar-refractivity contribution in [1.29, 1.82) is 0 Å². The lowest BCUT2D eigenvalue weighted by Gasteiger charge is -2.15. The number of hydrogen-bond acceptors (Lipinski definition) is 3. The van der Waals surface area contributed by atoms with E-state index in [9.17, 15) is 9.90 Å². The third-order valence-corrected chi connectivity index (χ3v) is 5.96. The van der Waals surface area contributed by atoms with E-state index < -0.39 is 5.97 Å². The number of halogens is 1. The predicted octanol–water partition coefficient (Wildman–Crippen LogP) is 4.91. The van der Waals surface area contributed by atoms with Crippen molar-refractivity contribution >= 4 is 33.2 Å². The number of thiophene rings is 1. The van der Waals surface area contributed by atoms with Crippen LogP contribution < -0.4 is 0 Å². The number of allylic oxidation sites excluding steroid dienone is 3. The average Bonchev–Trinajstić information content (AvgIpc) is 3.05. The van der Waals surface area contributed by atoms with Crippen LogP contribution in [0.25, 0.3) is 0 Å². The molecule has 1 saturated heterocycles. The van der Waals surface area contributed by atoms with Crippen molar-refractivity contribution in [3.8, 4) is 0 Å². The van der Waals surface area contributed by atoms with Gasteiger partial charge in [-0.3, -0.25) is 9.69 Å². The highest BCUT2D eigenvalue weighted by molar-refractivity contribution is 9.10. The van der Waals surface area contributed by atoms with E-state index >= 15 is 0 Å². The number of aliphatic carboxylic acids is 1. The molecule has 23 heavy (non-hydrogen) atoms. The molecule has 2 rings (SSSR count). The molecule has 5 heteroatoms. The van der Waals surface area contributed by atoms with Crippen molar-refractivity contribution in [1.82, 2.24) is 4.90 Å². The quantitative estimate of drug-likeness (QED) is 0.664. The molecule has 0 amide bonds. The van der Waals surface area contributed by atoms with Crippen LogP contribution >= 0.6 is 27.3 Å². The molecule has 1 aliphatic rings. The van der Waals surface area contributed by atoms with Crippen LogP contribution in [0.1, 0.15) is 37.5 Å². The molecule has 1 aliphatic heterocycles. The van der Waals surface area contributed by atoms with Gasteiger partial charge in [-0.15, -0.1) is 11.3 Å². The molecule has 2 atom stereocenters. The SMILES string of the molecule is CC/C=C\C=C(/C)CN1CC(CC(=O)O)C(c2cc(Br)cs2)C1. The first-order chi connectivity index (χ1) is 11.0. The monoisotopic (exact) mass is 397 g/mol. The first kappa shape index (κ1) is 18.4.